The third-order valence-corrected chi connectivity index (χ3v) is 2.59. The van der Waals surface area contributed by atoms with Crippen molar-refractivity contribution in [2.24, 2.45) is 5.41 Å². The largest absolute Gasteiger partial charge is 0.506 e. The predicted octanol–water partition coefficient (Wildman–Crippen LogP) is 2.70. The number of hydrogen-bond donors (Lipinski definition) is 2. The molecule has 0 radical (unpaired) electrons. The summed E-state index contributed by atoms with van der Waals surface area (Å²) in [6.07, 6.45) is 0.245. The highest BCUT2D eigenvalue weighted by Gasteiger charge is 2.28. The highest BCUT2D eigenvalue weighted by Crippen LogP contribution is 2.32. The van der Waals surface area contributed by atoms with Crippen molar-refractivity contribution in [3.63, 3.8) is 0 Å². The van der Waals surface area contributed by atoms with Gasteiger partial charge in [-0.3, -0.25) is 4.79 Å². The predicted molar refractivity (Wildman–Crippen MR) is 58.2 cm³/mol. The first kappa shape index (κ1) is 11.9. The fourth-order valence-corrected chi connectivity index (χ4v) is 1.45. The van der Waals surface area contributed by atoms with Crippen LogP contribution in [0.1, 0.15) is 19.4 Å². The van der Waals surface area contributed by atoms with E-state index in [4.69, 9.17) is 16.7 Å². The van der Waals surface area contributed by atoms with E-state index in [1.807, 2.05) is 0 Å². The van der Waals surface area contributed by atoms with Gasteiger partial charge in [0.15, 0.2) is 0 Å². The van der Waals surface area contributed by atoms with Crippen molar-refractivity contribution in [3.8, 4) is 5.75 Å². The van der Waals surface area contributed by atoms with E-state index in [9.17, 15) is 9.90 Å². The molecule has 0 saturated carbocycles. The van der Waals surface area contributed by atoms with Gasteiger partial charge in [-0.2, -0.15) is 0 Å². The summed E-state index contributed by atoms with van der Waals surface area (Å²) in [6.45, 7) is 3.21. The standard InChI is InChI=1S/C11H13ClO3/c1-11(2,10(14)15)6-7-4-3-5-8(12)9(7)13/h3-5,13H,6H2,1-2H3,(H,14,15). The second-order valence-corrected chi connectivity index (χ2v) is 4.52. The molecule has 0 aliphatic carbocycles. The van der Waals surface area contributed by atoms with Gasteiger partial charge in [0.25, 0.3) is 0 Å². The molecule has 82 valence electrons. The Kier molecular flexibility index (Phi) is 3.25. The topological polar surface area (TPSA) is 57.5 Å². The van der Waals surface area contributed by atoms with E-state index >= 15 is 0 Å². The molecule has 15 heavy (non-hydrogen) atoms. The minimum Gasteiger partial charge on any atom is -0.506 e. The number of carboxylic acids is 1. The van der Waals surface area contributed by atoms with E-state index in [0.29, 0.717) is 5.56 Å². The number of aromatic hydroxyl groups is 1. The van der Waals surface area contributed by atoms with Gasteiger partial charge in [0.2, 0.25) is 0 Å². The van der Waals surface area contributed by atoms with E-state index in [0.717, 1.165) is 0 Å². The van der Waals surface area contributed by atoms with E-state index in [2.05, 4.69) is 0 Å². The summed E-state index contributed by atoms with van der Waals surface area (Å²) in [4.78, 5) is 10.9. The number of carbonyl (C=O) groups is 1. The Balaban J connectivity index is 3.00. The molecule has 0 amide bonds. The molecule has 0 unspecified atom stereocenters. The van der Waals surface area contributed by atoms with Gasteiger partial charge in [0.05, 0.1) is 10.4 Å². The highest BCUT2D eigenvalue weighted by molar-refractivity contribution is 6.32. The van der Waals surface area contributed by atoms with Gasteiger partial charge in [-0.15, -0.1) is 0 Å². The molecule has 3 nitrogen and oxygen atoms in total. The van der Waals surface area contributed by atoms with Crippen LogP contribution in [0.3, 0.4) is 0 Å². The molecular formula is C11H13ClO3. The Morgan fingerprint density at radius 1 is 1.47 bits per heavy atom. The second kappa shape index (κ2) is 4.11. The van der Waals surface area contributed by atoms with Crippen LogP contribution in [0.25, 0.3) is 0 Å². The number of rotatable bonds is 3. The van der Waals surface area contributed by atoms with Crippen molar-refractivity contribution in [2.45, 2.75) is 20.3 Å². The molecule has 0 atom stereocenters. The number of phenols is 1. The molecule has 0 bridgehead atoms. The zero-order valence-corrected chi connectivity index (χ0v) is 9.38. The van der Waals surface area contributed by atoms with Crippen molar-refractivity contribution in [3.05, 3.63) is 28.8 Å². The van der Waals surface area contributed by atoms with E-state index < -0.39 is 11.4 Å². The van der Waals surface area contributed by atoms with Crippen LogP contribution < -0.4 is 0 Å². The van der Waals surface area contributed by atoms with Gasteiger partial charge in [0.1, 0.15) is 5.75 Å². The summed E-state index contributed by atoms with van der Waals surface area (Å²) in [5.74, 6) is -0.935. The summed E-state index contributed by atoms with van der Waals surface area (Å²) in [5, 5.41) is 18.8. The van der Waals surface area contributed by atoms with Crippen LogP contribution in [-0.4, -0.2) is 16.2 Å². The van der Waals surface area contributed by atoms with E-state index in [-0.39, 0.29) is 17.2 Å². The lowest BCUT2D eigenvalue weighted by Gasteiger charge is -2.19. The number of hydrogen-bond acceptors (Lipinski definition) is 2. The Labute approximate surface area is 93.3 Å². The monoisotopic (exact) mass is 228 g/mol. The van der Waals surface area contributed by atoms with Crippen LogP contribution in [-0.2, 0) is 11.2 Å². The Morgan fingerprint density at radius 2 is 2.07 bits per heavy atom. The fraction of sp³-hybridized carbons (Fsp3) is 0.364. The lowest BCUT2D eigenvalue weighted by molar-refractivity contribution is -0.146. The molecule has 1 aromatic carbocycles. The van der Waals surface area contributed by atoms with Gasteiger partial charge in [-0.1, -0.05) is 23.7 Å². The number of halogens is 1. The quantitative estimate of drug-likeness (QED) is 0.836. The number of carboxylic acid groups (broad SMARTS) is 1. The first-order valence-corrected chi connectivity index (χ1v) is 4.92. The Bertz CT molecular complexity index is 385. The molecule has 1 aromatic rings. The van der Waals surface area contributed by atoms with Gasteiger partial charge >= 0.3 is 5.97 Å². The molecule has 0 aliphatic heterocycles. The van der Waals surface area contributed by atoms with Crippen LogP contribution in [0.2, 0.25) is 5.02 Å². The van der Waals surface area contributed by atoms with Crippen molar-refractivity contribution < 1.29 is 15.0 Å². The summed E-state index contributed by atoms with van der Waals surface area (Å²) in [6, 6.07) is 4.93. The van der Waals surface area contributed by atoms with Gasteiger partial charge < -0.3 is 10.2 Å². The maximum absolute atomic E-state index is 10.9. The second-order valence-electron chi connectivity index (χ2n) is 4.11. The molecule has 0 heterocycles. The van der Waals surface area contributed by atoms with Crippen LogP contribution in [0.15, 0.2) is 18.2 Å². The molecule has 1 rings (SSSR count). The smallest absolute Gasteiger partial charge is 0.309 e. The average molecular weight is 229 g/mol. The summed E-state index contributed by atoms with van der Waals surface area (Å²) < 4.78 is 0. The molecular weight excluding hydrogens is 216 g/mol. The summed E-state index contributed by atoms with van der Waals surface area (Å²) >= 11 is 5.72. The lowest BCUT2D eigenvalue weighted by Crippen LogP contribution is -2.26. The number of benzene rings is 1. The van der Waals surface area contributed by atoms with E-state index in [1.165, 1.54) is 0 Å². The zero-order chi connectivity index (χ0) is 11.6. The van der Waals surface area contributed by atoms with Gasteiger partial charge in [-0.25, -0.2) is 0 Å². The Hall–Kier alpha value is -1.22. The number of phenolic OH excluding ortho intramolecular Hbond substituents is 1. The average Bonchev–Trinajstić information content (AvgIpc) is 2.12. The molecule has 0 spiro atoms. The molecule has 2 N–H and O–H groups in total. The number of para-hydroxylation sites is 1. The summed E-state index contributed by atoms with van der Waals surface area (Å²) in [7, 11) is 0. The van der Waals surface area contributed by atoms with Gasteiger partial charge in [0, 0.05) is 0 Å². The molecule has 4 heteroatoms. The molecule has 0 saturated heterocycles. The third-order valence-electron chi connectivity index (χ3n) is 2.28. The van der Waals surface area contributed by atoms with Crippen LogP contribution in [0.4, 0.5) is 0 Å². The van der Waals surface area contributed by atoms with Gasteiger partial charge in [-0.05, 0) is 31.9 Å². The summed E-state index contributed by atoms with van der Waals surface area (Å²) in [5.41, 5.74) is -0.364. The normalized spacial score (nSPS) is 11.4. The molecule has 0 aliphatic rings. The lowest BCUT2D eigenvalue weighted by atomic mass is 9.85. The SMILES string of the molecule is CC(C)(Cc1cccc(Cl)c1O)C(=O)O. The Morgan fingerprint density at radius 3 is 2.60 bits per heavy atom. The first-order valence-electron chi connectivity index (χ1n) is 4.54. The van der Waals surface area contributed by atoms with Crippen LogP contribution in [0, 0.1) is 5.41 Å². The van der Waals surface area contributed by atoms with Crippen molar-refractivity contribution in [1.82, 2.24) is 0 Å². The van der Waals surface area contributed by atoms with Crippen molar-refractivity contribution >= 4 is 17.6 Å². The maximum Gasteiger partial charge on any atom is 0.309 e. The molecule has 0 fully saturated rings. The van der Waals surface area contributed by atoms with Crippen LogP contribution in [0.5, 0.6) is 5.75 Å². The third kappa shape index (κ3) is 2.63. The highest BCUT2D eigenvalue weighted by atomic mass is 35.5. The minimum atomic E-state index is -0.915. The van der Waals surface area contributed by atoms with Crippen molar-refractivity contribution in [2.75, 3.05) is 0 Å². The molecule has 0 aromatic heterocycles. The number of aliphatic carboxylic acids is 1. The first-order chi connectivity index (χ1) is 6.84. The van der Waals surface area contributed by atoms with E-state index in [1.54, 1.807) is 32.0 Å². The minimum absolute atomic E-state index is 0.0338. The zero-order valence-electron chi connectivity index (χ0n) is 8.62. The maximum atomic E-state index is 10.9. The van der Waals surface area contributed by atoms with Crippen molar-refractivity contribution in [1.29, 1.82) is 0 Å². The fourth-order valence-electron chi connectivity index (χ4n) is 1.25. The van der Waals surface area contributed by atoms with Crippen LogP contribution >= 0.6 is 11.6 Å².